The van der Waals surface area contributed by atoms with Gasteiger partial charge in [0, 0.05) is 25.3 Å². The van der Waals surface area contributed by atoms with Crippen molar-refractivity contribution in [1.29, 1.82) is 0 Å². The average Bonchev–Trinajstić information content (AvgIpc) is 2.84. The van der Waals surface area contributed by atoms with Crippen LogP contribution in [-0.2, 0) is 4.74 Å². The van der Waals surface area contributed by atoms with Gasteiger partial charge in [-0.25, -0.2) is 0 Å². The van der Waals surface area contributed by atoms with Crippen molar-refractivity contribution in [2.45, 2.75) is 25.9 Å². The van der Waals surface area contributed by atoms with Crippen molar-refractivity contribution in [3.63, 3.8) is 0 Å². The number of ether oxygens (including phenoxy) is 1. The molecular weight excluding hydrogens is 246 g/mol. The van der Waals surface area contributed by atoms with Crippen LogP contribution in [0.5, 0.6) is 0 Å². The summed E-state index contributed by atoms with van der Waals surface area (Å²) < 4.78 is 5.67. The van der Waals surface area contributed by atoms with Crippen LogP contribution in [0.15, 0.2) is 18.3 Å². The number of hydrogen-bond donors (Lipinski definition) is 2. The minimum absolute atomic E-state index is 0.327. The second kappa shape index (κ2) is 6.11. The highest BCUT2D eigenvalue weighted by molar-refractivity contribution is 7.80. The molecule has 1 aliphatic rings. The molecule has 0 aromatic carbocycles. The normalized spacial score (nSPS) is 22.9. The van der Waals surface area contributed by atoms with Crippen LogP contribution in [0.1, 0.15) is 25.5 Å². The Labute approximate surface area is 113 Å². The SMILES string of the molecule is CCC1OCCC1CNc1cccnc1C(N)=S. The zero-order chi connectivity index (χ0) is 13.0. The number of pyridine rings is 1. The van der Waals surface area contributed by atoms with Crippen LogP contribution < -0.4 is 11.1 Å². The zero-order valence-corrected chi connectivity index (χ0v) is 11.4. The van der Waals surface area contributed by atoms with E-state index in [4.69, 9.17) is 22.7 Å². The molecule has 5 heteroatoms. The molecule has 2 heterocycles. The van der Waals surface area contributed by atoms with E-state index in [0.717, 1.165) is 31.7 Å². The Kier molecular flexibility index (Phi) is 4.49. The molecule has 1 aliphatic heterocycles. The van der Waals surface area contributed by atoms with Crippen molar-refractivity contribution < 1.29 is 4.74 Å². The highest BCUT2D eigenvalue weighted by Crippen LogP contribution is 2.24. The van der Waals surface area contributed by atoms with E-state index in [1.165, 1.54) is 0 Å². The van der Waals surface area contributed by atoms with E-state index in [-0.39, 0.29) is 0 Å². The Morgan fingerprint density at radius 1 is 1.67 bits per heavy atom. The van der Waals surface area contributed by atoms with Gasteiger partial charge in [-0.1, -0.05) is 19.1 Å². The third-order valence-electron chi connectivity index (χ3n) is 3.34. The van der Waals surface area contributed by atoms with Crippen molar-refractivity contribution >= 4 is 22.9 Å². The van der Waals surface area contributed by atoms with E-state index in [9.17, 15) is 0 Å². The topological polar surface area (TPSA) is 60.2 Å². The van der Waals surface area contributed by atoms with Crippen LogP contribution >= 0.6 is 12.2 Å². The molecule has 98 valence electrons. The van der Waals surface area contributed by atoms with Gasteiger partial charge < -0.3 is 15.8 Å². The number of anilines is 1. The van der Waals surface area contributed by atoms with Crippen molar-refractivity contribution in [3.8, 4) is 0 Å². The lowest BCUT2D eigenvalue weighted by Crippen LogP contribution is -2.24. The van der Waals surface area contributed by atoms with Crippen molar-refractivity contribution in [2.24, 2.45) is 11.7 Å². The summed E-state index contributed by atoms with van der Waals surface area (Å²) in [6, 6.07) is 3.84. The van der Waals surface area contributed by atoms with Gasteiger partial charge in [0.1, 0.15) is 10.7 Å². The molecule has 0 bridgehead atoms. The molecule has 0 spiro atoms. The van der Waals surface area contributed by atoms with Gasteiger partial charge in [0.05, 0.1) is 11.8 Å². The molecule has 1 aromatic rings. The summed E-state index contributed by atoms with van der Waals surface area (Å²) >= 11 is 5.00. The van der Waals surface area contributed by atoms with E-state index in [0.29, 0.717) is 22.7 Å². The molecule has 2 rings (SSSR count). The maximum atomic E-state index is 5.67. The van der Waals surface area contributed by atoms with Gasteiger partial charge >= 0.3 is 0 Å². The fourth-order valence-electron chi connectivity index (χ4n) is 2.36. The Balaban J connectivity index is 2.00. The minimum Gasteiger partial charge on any atom is -0.388 e. The molecule has 2 unspecified atom stereocenters. The third-order valence-corrected chi connectivity index (χ3v) is 3.54. The van der Waals surface area contributed by atoms with Gasteiger partial charge in [-0.15, -0.1) is 0 Å². The first-order chi connectivity index (χ1) is 8.72. The lowest BCUT2D eigenvalue weighted by Gasteiger charge is -2.18. The second-order valence-corrected chi connectivity index (χ2v) is 4.95. The van der Waals surface area contributed by atoms with Crippen LogP contribution in [0.2, 0.25) is 0 Å². The number of nitrogens with one attached hydrogen (secondary N) is 1. The fourth-order valence-corrected chi connectivity index (χ4v) is 2.53. The highest BCUT2D eigenvalue weighted by Gasteiger charge is 2.26. The first-order valence-electron chi connectivity index (χ1n) is 6.32. The second-order valence-electron chi connectivity index (χ2n) is 4.51. The maximum Gasteiger partial charge on any atom is 0.124 e. The maximum absolute atomic E-state index is 5.67. The number of aromatic nitrogens is 1. The van der Waals surface area contributed by atoms with Crippen LogP contribution in [-0.4, -0.2) is 29.2 Å². The van der Waals surface area contributed by atoms with E-state index in [2.05, 4.69) is 17.2 Å². The van der Waals surface area contributed by atoms with Gasteiger partial charge in [0.2, 0.25) is 0 Å². The largest absolute Gasteiger partial charge is 0.388 e. The molecular formula is C13H19N3OS. The summed E-state index contributed by atoms with van der Waals surface area (Å²) in [6.45, 7) is 3.90. The average molecular weight is 265 g/mol. The summed E-state index contributed by atoms with van der Waals surface area (Å²) in [5, 5.41) is 3.39. The molecule has 1 saturated heterocycles. The summed E-state index contributed by atoms with van der Waals surface area (Å²) in [5.74, 6) is 0.550. The Morgan fingerprint density at radius 2 is 2.50 bits per heavy atom. The first kappa shape index (κ1) is 13.2. The zero-order valence-electron chi connectivity index (χ0n) is 10.6. The predicted molar refractivity (Wildman–Crippen MR) is 76.8 cm³/mol. The smallest absolute Gasteiger partial charge is 0.124 e. The number of nitrogens with two attached hydrogens (primary N) is 1. The van der Waals surface area contributed by atoms with Gasteiger partial charge in [0.15, 0.2) is 0 Å². The summed E-state index contributed by atoms with van der Waals surface area (Å²) in [5.41, 5.74) is 7.23. The predicted octanol–water partition coefficient (Wildman–Crippen LogP) is 1.94. The van der Waals surface area contributed by atoms with E-state index in [1.54, 1.807) is 6.20 Å². The van der Waals surface area contributed by atoms with E-state index < -0.39 is 0 Å². The van der Waals surface area contributed by atoms with Crippen LogP contribution in [0.25, 0.3) is 0 Å². The van der Waals surface area contributed by atoms with Crippen LogP contribution in [0.3, 0.4) is 0 Å². The Hall–Kier alpha value is -1.20. The van der Waals surface area contributed by atoms with Crippen molar-refractivity contribution in [3.05, 3.63) is 24.0 Å². The Bertz CT molecular complexity index is 424. The molecule has 1 fully saturated rings. The Morgan fingerprint density at radius 3 is 3.22 bits per heavy atom. The van der Waals surface area contributed by atoms with Crippen molar-refractivity contribution in [1.82, 2.24) is 4.98 Å². The molecule has 4 nitrogen and oxygen atoms in total. The molecule has 1 aromatic heterocycles. The molecule has 0 amide bonds. The standard InChI is InChI=1S/C13H19N3OS/c1-2-11-9(5-7-17-11)8-16-10-4-3-6-15-12(10)13(14)18/h3-4,6,9,11,16H,2,5,7-8H2,1H3,(H2,14,18). The highest BCUT2D eigenvalue weighted by atomic mass is 32.1. The number of thiocarbonyl (C=S) groups is 1. The monoisotopic (exact) mass is 265 g/mol. The number of hydrogen-bond acceptors (Lipinski definition) is 4. The molecule has 3 N–H and O–H groups in total. The fraction of sp³-hybridized carbons (Fsp3) is 0.538. The molecule has 2 atom stereocenters. The molecule has 18 heavy (non-hydrogen) atoms. The number of nitrogens with zero attached hydrogens (tertiary/aromatic N) is 1. The first-order valence-corrected chi connectivity index (χ1v) is 6.73. The van der Waals surface area contributed by atoms with Gasteiger partial charge in [-0.2, -0.15) is 0 Å². The van der Waals surface area contributed by atoms with E-state index in [1.807, 2.05) is 12.1 Å². The quantitative estimate of drug-likeness (QED) is 0.797. The minimum atomic E-state index is 0.327. The van der Waals surface area contributed by atoms with Crippen LogP contribution in [0, 0.1) is 5.92 Å². The van der Waals surface area contributed by atoms with Gasteiger partial charge in [0.25, 0.3) is 0 Å². The lowest BCUT2D eigenvalue weighted by molar-refractivity contribution is 0.0900. The summed E-state index contributed by atoms with van der Waals surface area (Å²) in [7, 11) is 0. The molecule has 0 saturated carbocycles. The van der Waals surface area contributed by atoms with Gasteiger partial charge in [-0.3, -0.25) is 4.98 Å². The molecule has 0 aliphatic carbocycles. The van der Waals surface area contributed by atoms with Crippen molar-refractivity contribution in [2.75, 3.05) is 18.5 Å². The van der Waals surface area contributed by atoms with Crippen LogP contribution in [0.4, 0.5) is 5.69 Å². The summed E-state index contributed by atoms with van der Waals surface area (Å²) in [4.78, 5) is 4.53. The number of rotatable bonds is 5. The summed E-state index contributed by atoms with van der Waals surface area (Å²) in [6.07, 6.45) is 4.23. The third kappa shape index (κ3) is 2.97. The molecule has 0 radical (unpaired) electrons. The lowest BCUT2D eigenvalue weighted by atomic mass is 9.99. The van der Waals surface area contributed by atoms with E-state index >= 15 is 0 Å². The van der Waals surface area contributed by atoms with Gasteiger partial charge in [-0.05, 0) is 25.0 Å².